The zero-order chi connectivity index (χ0) is 20.5. The maximum absolute atomic E-state index is 12.6. The highest BCUT2D eigenvalue weighted by Gasteiger charge is 2.14. The maximum atomic E-state index is 12.6. The van der Waals surface area contributed by atoms with Gasteiger partial charge in [0.1, 0.15) is 5.39 Å². The van der Waals surface area contributed by atoms with Crippen LogP contribution in [0.2, 0.25) is 5.02 Å². The summed E-state index contributed by atoms with van der Waals surface area (Å²) in [5.74, 6) is 0.564. The van der Waals surface area contributed by atoms with Gasteiger partial charge in [-0.05, 0) is 36.8 Å². The Balaban J connectivity index is 1.50. The fourth-order valence-corrected chi connectivity index (χ4v) is 4.01. The second kappa shape index (κ2) is 7.85. The molecular weight excluding hydrogens is 408 g/mol. The highest BCUT2D eigenvalue weighted by atomic mass is 35.5. The molecular formula is C21H17ClN4O2S. The van der Waals surface area contributed by atoms with Gasteiger partial charge in [0, 0.05) is 34.6 Å². The van der Waals surface area contributed by atoms with Crippen molar-refractivity contribution in [3.8, 4) is 0 Å². The number of hydrogen-bond donors (Lipinski definition) is 1. The number of carbonyl (C=O) groups is 1. The number of hydrogen-bond acceptors (Lipinski definition) is 5. The van der Waals surface area contributed by atoms with Gasteiger partial charge in [-0.2, -0.15) is 5.10 Å². The minimum Gasteiger partial charge on any atom is -0.290 e. The molecule has 0 aliphatic carbocycles. The minimum absolute atomic E-state index is 0.0516. The van der Waals surface area contributed by atoms with E-state index in [1.807, 2.05) is 12.1 Å². The van der Waals surface area contributed by atoms with Crippen LogP contribution in [0.15, 0.2) is 58.5 Å². The molecule has 146 valence electrons. The second-order valence-corrected chi connectivity index (χ2v) is 8.01. The number of benzene rings is 2. The first-order chi connectivity index (χ1) is 13.9. The van der Waals surface area contributed by atoms with Crippen molar-refractivity contribution < 1.29 is 4.79 Å². The van der Waals surface area contributed by atoms with Crippen LogP contribution in [0.4, 0.5) is 0 Å². The summed E-state index contributed by atoms with van der Waals surface area (Å²) in [7, 11) is 1.71. The molecule has 1 N–H and O–H groups in total. The normalized spacial score (nSPS) is 11.1. The first-order valence-electron chi connectivity index (χ1n) is 8.88. The summed E-state index contributed by atoms with van der Waals surface area (Å²) >= 11 is 7.33. The molecule has 0 bridgehead atoms. The molecule has 0 unspecified atom stereocenters. The van der Waals surface area contributed by atoms with Gasteiger partial charge in [-0.15, -0.1) is 0 Å². The van der Waals surface area contributed by atoms with Crippen LogP contribution in [0, 0.1) is 6.92 Å². The molecule has 0 atom stereocenters. The lowest BCUT2D eigenvalue weighted by Gasteiger charge is -2.07. The summed E-state index contributed by atoms with van der Waals surface area (Å²) in [5, 5.41) is 8.60. The van der Waals surface area contributed by atoms with Crippen molar-refractivity contribution in [1.29, 1.82) is 0 Å². The maximum Gasteiger partial charge on any atom is 0.265 e. The molecule has 0 saturated carbocycles. The van der Waals surface area contributed by atoms with E-state index in [0.717, 1.165) is 5.56 Å². The predicted octanol–water partition coefficient (Wildman–Crippen LogP) is 4.14. The predicted molar refractivity (Wildman–Crippen MR) is 115 cm³/mol. The van der Waals surface area contributed by atoms with Crippen molar-refractivity contribution in [2.45, 2.75) is 17.8 Å². The molecule has 2 aromatic carbocycles. The third kappa shape index (κ3) is 3.83. The van der Waals surface area contributed by atoms with Crippen LogP contribution in [-0.4, -0.2) is 25.5 Å². The summed E-state index contributed by atoms with van der Waals surface area (Å²) in [6.07, 6.45) is 0. The van der Waals surface area contributed by atoms with Crippen molar-refractivity contribution in [3.63, 3.8) is 0 Å². The standard InChI is InChI=1S/C21H17ClN4O2S/c1-12-17-19(25-24-12)23-21(26(2)20(17)28)29-11-13-3-5-14(6-4-13)18(27)15-7-9-16(22)10-8-15/h3-10H,11H2,1-2H3,(H,24,25). The Labute approximate surface area is 175 Å². The van der Waals surface area contributed by atoms with Gasteiger partial charge in [0.2, 0.25) is 0 Å². The molecule has 0 saturated heterocycles. The number of H-pyrrole nitrogens is 1. The molecule has 0 fully saturated rings. The molecule has 0 aliphatic rings. The number of rotatable bonds is 5. The van der Waals surface area contributed by atoms with Crippen LogP contribution >= 0.6 is 23.4 Å². The van der Waals surface area contributed by atoms with Gasteiger partial charge >= 0.3 is 0 Å². The monoisotopic (exact) mass is 424 g/mol. The van der Waals surface area contributed by atoms with E-state index in [4.69, 9.17) is 11.6 Å². The SMILES string of the molecule is Cc1[nH]nc2nc(SCc3ccc(C(=O)c4ccc(Cl)cc4)cc3)n(C)c(=O)c12. The van der Waals surface area contributed by atoms with Gasteiger partial charge in [0.05, 0.1) is 0 Å². The lowest BCUT2D eigenvalue weighted by Crippen LogP contribution is -2.20. The number of thioether (sulfide) groups is 1. The van der Waals surface area contributed by atoms with Crippen LogP contribution in [0.5, 0.6) is 0 Å². The average Bonchev–Trinajstić information content (AvgIpc) is 3.10. The Hall–Kier alpha value is -2.90. The fourth-order valence-electron chi connectivity index (χ4n) is 2.97. The molecule has 0 spiro atoms. The van der Waals surface area contributed by atoms with E-state index in [2.05, 4.69) is 15.2 Å². The quantitative estimate of drug-likeness (QED) is 0.296. The Morgan fingerprint density at radius 3 is 2.38 bits per heavy atom. The van der Waals surface area contributed by atoms with Gasteiger partial charge in [-0.25, -0.2) is 4.98 Å². The number of aryl methyl sites for hydroxylation is 1. The van der Waals surface area contributed by atoms with Gasteiger partial charge < -0.3 is 0 Å². The van der Waals surface area contributed by atoms with E-state index >= 15 is 0 Å². The van der Waals surface area contributed by atoms with Gasteiger partial charge in [0.25, 0.3) is 5.56 Å². The number of ketones is 1. The van der Waals surface area contributed by atoms with Crippen molar-refractivity contribution in [1.82, 2.24) is 19.7 Å². The summed E-state index contributed by atoms with van der Waals surface area (Å²) in [6.45, 7) is 1.80. The fraction of sp³-hybridized carbons (Fsp3) is 0.143. The summed E-state index contributed by atoms with van der Waals surface area (Å²) < 4.78 is 1.54. The highest BCUT2D eigenvalue weighted by molar-refractivity contribution is 7.98. The summed E-state index contributed by atoms with van der Waals surface area (Å²) in [5.41, 5.74) is 3.25. The number of fused-ring (bicyclic) bond motifs is 1. The van der Waals surface area contributed by atoms with Gasteiger partial charge in [0.15, 0.2) is 16.6 Å². The molecule has 8 heteroatoms. The van der Waals surface area contributed by atoms with Crippen LogP contribution in [0.1, 0.15) is 27.2 Å². The Morgan fingerprint density at radius 2 is 1.72 bits per heavy atom. The topological polar surface area (TPSA) is 80.6 Å². The van der Waals surface area contributed by atoms with Crippen molar-refractivity contribution in [3.05, 3.63) is 86.3 Å². The van der Waals surface area contributed by atoms with E-state index in [9.17, 15) is 9.59 Å². The van der Waals surface area contributed by atoms with E-state index in [1.54, 1.807) is 50.4 Å². The second-order valence-electron chi connectivity index (χ2n) is 6.63. The highest BCUT2D eigenvalue weighted by Crippen LogP contribution is 2.22. The number of nitrogens with one attached hydrogen (secondary N) is 1. The van der Waals surface area contributed by atoms with Gasteiger partial charge in [-0.1, -0.05) is 47.6 Å². The molecule has 4 rings (SSSR count). The number of aromatic nitrogens is 4. The van der Waals surface area contributed by atoms with E-state index in [-0.39, 0.29) is 11.3 Å². The Morgan fingerprint density at radius 1 is 1.10 bits per heavy atom. The number of nitrogens with zero attached hydrogens (tertiary/aromatic N) is 3. The number of carbonyl (C=O) groups excluding carboxylic acids is 1. The molecule has 2 heterocycles. The lowest BCUT2D eigenvalue weighted by molar-refractivity contribution is 0.103. The zero-order valence-electron chi connectivity index (χ0n) is 15.8. The van der Waals surface area contributed by atoms with Crippen molar-refractivity contribution in [2.75, 3.05) is 0 Å². The Bertz CT molecular complexity index is 1260. The lowest BCUT2D eigenvalue weighted by atomic mass is 10.0. The molecule has 29 heavy (non-hydrogen) atoms. The first kappa shape index (κ1) is 19.4. The number of halogens is 1. The van der Waals surface area contributed by atoms with E-state index in [0.29, 0.717) is 43.8 Å². The van der Waals surface area contributed by atoms with Crippen LogP contribution in [0.25, 0.3) is 11.0 Å². The van der Waals surface area contributed by atoms with Crippen LogP contribution in [-0.2, 0) is 12.8 Å². The molecule has 0 amide bonds. The van der Waals surface area contributed by atoms with Crippen molar-refractivity contribution >= 4 is 40.2 Å². The van der Waals surface area contributed by atoms with E-state index in [1.165, 1.54) is 16.3 Å². The zero-order valence-corrected chi connectivity index (χ0v) is 17.3. The average molecular weight is 425 g/mol. The first-order valence-corrected chi connectivity index (χ1v) is 10.2. The molecule has 6 nitrogen and oxygen atoms in total. The van der Waals surface area contributed by atoms with Crippen molar-refractivity contribution in [2.24, 2.45) is 7.05 Å². The van der Waals surface area contributed by atoms with Crippen LogP contribution in [0.3, 0.4) is 0 Å². The largest absolute Gasteiger partial charge is 0.290 e. The minimum atomic E-state index is -0.118. The Kier molecular flexibility index (Phi) is 5.25. The van der Waals surface area contributed by atoms with Crippen LogP contribution < -0.4 is 5.56 Å². The molecule has 4 aromatic rings. The third-order valence-electron chi connectivity index (χ3n) is 4.63. The summed E-state index contributed by atoms with van der Waals surface area (Å²) in [6, 6.07) is 14.3. The molecule has 0 radical (unpaired) electrons. The van der Waals surface area contributed by atoms with E-state index < -0.39 is 0 Å². The van der Waals surface area contributed by atoms with Gasteiger partial charge in [-0.3, -0.25) is 19.3 Å². The number of aromatic amines is 1. The summed E-state index contributed by atoms with van der Waals surface area (Å²) in [4.78, 5) is 29.6. The molecule has 2 aromatic heterocycles. The molecule has 0 aliphatic heterocycles. The smallest absolute Gasteiger partial charge is 0.265 e. The third-order valence-corrected chi connectivity index (χ3v) is 5.98.